The second-order valence-corrected chi connectivity index (χ2v) is 20.3. The lowest BCUT2D eigenvalue weighted by atomic mass is 9.32. The van der Waals surface area contributed by atoms with Crippen molar-refractivity contribution >= 4 is 21.6 Å². The van der Waals surface area contributed by atoms with Crippen molar-refractivity contribution in [3.8, 4) is 0 Å². The number of fused-ring (bicyclic) bond motifs is 7. The van der Waals surface area contributed by atoms with Gasteiger partial charge in [-0.1, -0.05) is 77.1 Å². The van der Waals surface area contributed by atoms with Crippen LogP contribution in [0.25, 0.3) is 5.57 Å². The number of nitrogens with one attached hydrogen (secondary N) is 1. The topological polar surface area (TPSA) is 109 Å². The Morgan fingerprint density at radius 3 is 2.20 bits per heavy atom. The molecule has 0 spiro atoms. The predicted octanol–water partition coefficient (Wildman–Crippen LogP) is 9.47. The minimum atomic E-state index is -3.70. The molecule has 9 atom stereocenters. The molecule has 2 aromatic carbocycles. The van der Waals surface area contributed by atoms with E-state index < -0.39 is 16.0 Å². The minimum absolute atomic E-state index is 0.000390. The van der Waals surface area contributed by atoms with Crippen molar-refractivity contribution in [3.05, 3.63) is 83.4 Å². The smallest absolute Gasteiger partial charge is 0.335 e. The van der Waals surface area contributed by atoms with Crippen molar-refractivity contribution in [3.63, 3.8) is 0 Å². The van der Waals surface area contributed by atoms with Crippen LogP contribution in [0.1, 0.15) is 121 Å². The van der Waals surface area contributed by atoms with E-state index in [-0.39, 0.29) is 32.0 Å². The van der Waals surface area contributed by atoms with Gasteiger partial charge >= 0.3 is 5.97 Å². The normalized spacial score (nSPS) is 38.4. The third-order valence-corrected chi connectivity index (χ3v) is 17.2. The summed E-state index contributed by atoms with van der Waals surface area (Å²) in [5, 5.41) is 18.7. The van der Waals surface area contributed by atoms with Crippen LogP contribution < -0.4 is 10.5 Å². The Balaban J connectivity index is 1.15. The first-order chi connectivity index (χ1) is 23.9. The molecule has 0 radical (unpaired) electrons. The molecule has 4 fully saturated rings. The second-order valence-electron chi connectivity index (χ2n) is 18.8. The lowest BCUT2D eigenvalue weighted by Crippen LogP contribution is -2.65. The Bertz CT molecular complexity index is 1850. The number of benzene rings is 2. The highest BCUT2D eigenvalue weighted by atomic mass is 32.2. The fraction of sp³-hybridized carbons (Fsp3) is 0.614. The van der Waals surface area contributed by atoms with Gasteiger partial charge in [-0.05, 0) is 162 Å². The summed E-state index contributed by atoms with van der Waals surface area (Å²) in [5.74, 6) is 2.21. The van der Waals surface area contributed by atoms with Crippen LogP contribution in [0.4, 0.5) is 0 Å². The first kappa shape index (κ1) is 36.6. The highest BCUT2D eigenvalue weighted by molar-refractivity contribution is 7.89. The molecule has 6 nitrogen and oxygen atoms in total. The number of allylic oxidation sites excluding steroid dienone is 3. The van der Waals surface area contributed by atoms with Crippen molar-refractivity contribution < 1.29 is 18.3 Å². The van der Waals surface area contributed by atoms with Crippen molar-refractivity contribution in [2.24, 2.45) is 61.8 Å². The average Bonchev–Trinajstić information content (AvgIpc) is 3.45. The molecular weight excluding hydrogens is 653 g/mol. The zero-order valence-corrected chi connectivity index (χ0v) is 32.5. The summed E-state index contributed by atoms with van der Waals surface area (Å²) in [4.78, 5) is 11.7. The monoisotopic (exact) mass is 712 g/mol. The number of carboxylic acid groups (broad SMARTS) is 1. The molecule has 51 heavy (non-hydrogen) atoms. The second kappa shape index (κ2) is 12.4. The molecule has 5 aliphatic carbocycles. The van der Waals surface area contributed by atoms with E-state index in [1.54, 1.807) is 24.3 Å². The number of nitrogens with two attached hydrogens (primary N) is 1. The molecule has 7 heteroatoms. The van der Waals surface area contributed by atoms with E-state index in [2.05, 4.69) is 59.5 Å². The predicted molar refractivity (Wildman–Crippen MR) is 205 cm³/mol. The molecule has 5 aliphatic rings. The van der Waals surface area contributed by atoms with Crippen molar-refractivity contribution in [2.45, 2.75) is 111 Å². The van der Waals surface area contributed by atoms with Gasteiger partial charge in [-0.2, -0.15) is 0 Å². The number of primary sulfonamides is 1. The molecule has 0 amide bonds. The van der Waals surface area contributed by atoms with Crippen LogP contribution >= 0.6 is 0 Å². The summed E-state index contributed by atoms with van der Waals surface area (Å²) >= 11 is 0. The molecule has 2 aromatic rings. The van der Waals surface area contributed by atoms with Gasteiger partial charge in [0.15, 0.2) is 0 Å². The summed E-state index contributed by atoms with van der Waals surface area (Å²) in [6, 6.07) is 14.5. The van der Waals surface area contributed by atoms with Crippen LogP contribution in [0.5, 0.6) is 0 Å². The van der Waals surface area contributed by atoms with Gasteiger partial charge in [0.05, 0.1) is 10.5 Å². The van der Waals surface area contributed by atoms with Crippen LogP contribution in [0.2, 0.25) is 0 Å². The van der Waals surface area contributed by atoms with Crippen molar-refractivity contribution in [1.82, 2.24) is 5.32 Å². The van der Waals surface area contributed by atoms with E-state index in [1.165, 1.54) is 68.1 Å². The number of hydrogen-bond acceptors (Lipinski definition) is 4. The molecule has 276 valence electrons. The maximum absolute atomic E-state index is 11.8. The first-order valence-corrected chi connectivity index (χ1v) is 20.9. The summed E-state index contributed by atoms with van der Waals surface area (Å²) in [5.41, 5.74) is 6.32. The summed E-state index contributed by atoms with van der Waals surface area (Å²) < 4.78 is 23.5. The standard InChI is InChI=1S/C44H60N2O4S/c1-28(2)33-18-23-44(27-46-26-29-8-14-32(15-9-29)51(45,49)50)25-24-42(6)35(38(33)44)16-17-37-41(5)21-19-34(30-10-12-31(13-11-30)39(47)48)40(3,4)36(41)20-22-43(37,42)7/h8-15,19,33,35-38,46H,1,16-18,20-27H2,2-7H3,(H,47,48)(H2,45,49,50)/t33?,35-,36+,37-,38-,41+,42-,43-,44-/m1/s1. The minimum Gasteiger partial charge on any atom is -0.478 e. The van der Waals surface area contributed by atoms with Crippen LogP contribution in [0.15, 0.2) is 71.7 Å². The van der Waals surface area contributed by atoms with Gasteiger partial charge in [-0.25, -0.2) is 18.4 Å². The van der Waals surface area contributed by atoms with E-state index in [9.17, 15) is 18.3 Å². The lowest BCUT2D eigenvalue weighted by molar-refractivity contribution is -0.225. The van der Waals surface area contributed by atoms with E-state index in [1.807, 2.05) is 24.3 Å². The van der Waals surface area contributed by atoms with Crippen molar-refractivity contribution in [1.29, 1.82) is 0 Å². The third-order valence-electron chi connectivity index (χ3n) is 16.3. The van der Waals surface area contributed by atoms with Gasteiger partial charge in [0.2, 0.25) is 10.0 Å². The molecule has 7 rings (SSSR count). The number of carboxylic acids is 1. The highest BCUT2D eigenvalue weighted by Gasteiger charge is 2.70. The highest BCUT2D eigenvalue weighted by Crippen LogP contribution is 2.77. The molecule has 0 aliphatic heterocycles. The van der Waals surface area contributed by atoms with E-state index in [4.69, 9.17) is 5.14 Å². The van der Waals surface area contributed by atoms with E-state index >= 15 is 0 Å². The Hall–Kier alpha value is -2.74. The first-order valence-electron chi connectivity index (χ1n) is 19.4. The van der Waals surface area contributed by atoms with Gasteiger partial charge in [-0.3, -0.25) is 0 Å². The molecular formula is C44H60N2O4S. The Kier molecular flexibility index (Phi) is 8.91. The molecule has 0 saturated heterocycles. The van der Waals surface area contributed by atoms with Gasteiger partial charge in [0.1, 0.15) is 0 Å². The van der Waals surface area contributed by atoms with Gasteiger partial charge in [0.25, 0.3) is 0 Å². The Morgan fingerprint density at radius 2 is 1.57 bits per heavy atom. The number of carbonyl (C=O) groups is 1. The van der Waals surface area contributed by atoms with Crippen LogP contribution in [-0.4, -0.2) is 26.0 Å². The van der Waals surface area contributed by atoms with Gasteiger partial charge in [-0.15, -0.1) is 0 Å². The zero-order chi connectivity index (χ0) is 36.8. The zero-order valence-electron chi connectivity index (χ0n) is 31.7. The molecule has 4 N–H and O–H groups in total. The molecule has 0 heterocycles. The van der Waals surface area contributed by atoms with Gasteiger partial charge in [0, 0.05) is 13.1 Å². The average molecular weight is 713 g/mol. The summed E-state index contributed by atoms with van der Waals surface area (Å²) in [6.07, 6.45) is 13.7. The van der Waals surface area contributed by atoms with Crippen LogP contribution in [0.3, 0.4) is 0 Å². The number of aromatic carboxylic acids is 1. The number of rotatable bonds is 8. The van der Waals surface area contributed by atoms with Crippen LogP contribution in [-0.2, 0) is 16.6 Å². The third kappa shape index (κ3) is 5.62. The Labute approximate surface area is 306 Å². The van der Waals surface area contributed by atoms with E-state index in [0.717, 1.165) is 18.5 Å². The quantitative estimate of drug-likeness (QED) is 0.236. The molecule has 0 bridgehead atoms. The summed E-state index contributed by atoms with van der Waals surface area (Å²) in [6.45, 7) is 21.5. The van der Waals surface area contributed by atoms with Crippen LogP contribution in [0, 0.1) is 56.7 Å². The molecule has 1 unspecified atom stereocenters. The van der Waals surface area contributed by atoms with Crippen molar-refractivity contribution in [2.75, 3.05) is 6.54 Å². The van der Waals surface area contributed by atoms with Gasteiger partial charge < -0.3 is 10.4 Å². The number of hydrogen-bond donors (Lipinski definition) is 3. The SMILES string of the molecule is C=C(C)C1CC[C@]2(CNCc3ccc(S(N)(=O)=O)cc3)CC[C@]3(C)[C@H](CC[C@@H]4[C@@]5(C)CC=C(c6ccc(C(=O)O)cc6)C(C)(C)[C@@H]5CC[C@]43C)[C@@H]12. The lowest BCUT2D eigenvalue weighted by Gasteiger charge is -2.72. The molecule has 4 saturated carbocycles. The largest absolute Gasteiger partial charge is 0.478 e. The molecule has 0 aromatic heterocycles. The van der Waals surface area contributed by atoms with E-state index in [0.29, 0.717) is 41.7 Å². The Morgan fingerprint density at radius 1 is 0.882 bits per heavy atom. The fourth-order valence-corrected chi connectivity index (χ4v) is 14.2. The maximum atomic E-state index is 11.8. The number of sulfonamides is 1. The maximum Gasteiger partial charge on any atom is 0.335 e. The summed E-state index contributed by atoms with van der Waals surface area (Å²) in [7, 11) is -3.70. The fourth-order valence-electron chi connectivity index (χ4n) is 13.7.